The minimum absolute atomic E-state index is 0.247. The van der Waals surface area contributed by atoms with Gasteiger partial charge in [-0.3, -0.25) is 0 Å². The first kappa shape index (κ1) is 21.4. The molecule has 0 saturated heterocycles. The molecule has 0 atom stereocenters. The third-order valence-electron chi connectivity index (χ3n) is 5.58. The molecule has 0 spiro atoms. The summed E-state index contributed by atoms with van der Waals surface area (Å²) in [5, 5.41) is 0. The van der Waals surface area contributed by atoms with E-state index in [0.717, 1.165) is 25.1 Å². The summed E-state index contributed by atoms with van der Waals surface area (Å²) < 4.78 is 33.0. The van der Waals surface area contributed by atoms with Crippen LogP contribution in [0.15, 0.2) is 77.7 Å². The Bertz CT molecular complexity index is 1110. The summed E-state index contributed by atoms with van der Waals surface area (Å²) in [6.45, 7) is 4.74. The number of nitrogens with zero attached hydrogens (tertiary/aromatic N) is 1. The average Bonchev–Trinajstić information content (AvgIpc) is 2.80. The van der Waals surface area contributed by atoms with Gasteiger partial charge in [-0.25, -0.2) is 13.1 Å². The van der Waals surface area contributed by atoms with Gasteiger partial charge in [0.1, 0.15) is 5.75 Å². The van der Waals surface area contributed by atoms with Crippen LogP contribution in [-0.4, -0.2) is 28.1 Å². The van der Waals surface area contributed by atoms with Crippen LogP contribution in [0.5, 0.6) is 5.75 Å². The van der Waals surface area contributed by atoms with E-state index < -0.39 is 10.0 Å². The second kappa shape index (κ2) is 9.54. The van der Waals surface area contributed by atoms with Crippen LogP contribution in [0.25, 0.3) is 0 Å². The minimum atomic E-state index is -3.53. The highest BCUT2D eigenvalue weighted by Gasteiger charge is 2.16. The van der Waals surface area contributed by atoms with Gasteiger partial charge in [-0.05, 0) is 72.9 Å². The van der Waals surface area contributed by atoms with Gasteiger partial charge in [0.2, 0.25) is 10.0 Å². The van der Waals surface area contributed by atoms with Gasteiger partial charge in [0, 0.05) is 25.3 Å². The van der Waals surface area contributed by atoms with E-state index in [9.17, 15) is 8.42 Å². The molecule has 4 rings (SSSR count). The molecular weight excluding hydrogens is 408 g/mol. The van der Waals surface area contributed by atoms with Crippen molar-refractivity contribution in [1.82, 2.24) is 4.72 Å². The van der Waals surface area contributed by atoms with Crippen LogP contribution in [0.4, 0.5) is 5.69 Å². The standard InChI is InChI=1S/C25H28N2O3S/c1-2-30-24-11-13-25(14-12-24)31(28,29)26-17-15-20-7-9-23(10-8-20)27-18-16-21-5-3-4-6-22(21)19-27/h3-14,26H,2,15-19H2,1H3. The lowest BCUT2D eigenvalue weighted by Crippen LogP contribution is -2.30. The first-order valence-corrected chi connectivity index (χ1v) is 12.2. The van der Waals surface area contributed by atoms with E-state index in [1.165, 1.54) is 16.8 Å². The maximum absolute atomic E-state index is 12.5. The molecule has 31 heavy (non-hydrogen) atoms. The van der Waals surface area contributed by atoms with Crippen molar-refractivity contribution < 1.29 is 13.2 Å². The number of benzene rings is 3. The average molecular weight is 437 g/mol. The quantitative estimate of drug-likeness (QED) is 0.576. The normalized spacial score (nSPS) is 13.6. The van der Waals surface area contributed by atoms with Gasteiger partial charge >= 0.3 is 0 Å². The SMILES string of the molecule is CCOc1ccc(S(=O)(=O)NCCc2ccc(N3CCc4ccccc4C3)cc2)cc1. The van der Waals surface area contributed by atoms with E-state index in [0.29, 0.717) is 25.3 Å². The molecule has 1 heterocycles. The third-order valence-corrected chi connectivity index (χ3v) is 7.06. The maximum Gasteiger partial charge on any atom is 0.240 e. The largest absolute Gasteiger partial charge is 0.494 e. The third kappa shape index (κ3) is 5.27. The summed E-state index contributed by atoms with van der Waals surface area (Å²) in [6, 6.07) is 23.5. The molecule has 0 amide bonds. The molecule has 0 aromatic heterocycles. The number of anilines is 1. The zero-order valence-electron chi connectivity index (χ0n) is 17.8. The molecule has 0 aliphatic carbocycles. The maximum atomic E-state index is 12.5. The molecular formula is C25H28N2O3S. The Balaban J connectivity index is 1.31. The number of fused-ring (bicyclic) bond motifs is 1. The van der Waals surface area contributed by atoms with E-state index in [1.807, 2.05) is 6.92 Å². The van der Waals surface area contributed by atoms with Crippen LogP contribution in [0, 0.1) is 0 Å². The van der Waals surface area contributed by atoms with Gasteiger partial charge in [0.25, 0.3) is 0 Å². The smallest absolute Gasteiger partial charge is 0.240 e. The topological polar surface area (TPSA) is 58.6 Å². The molecule has 1 aliphatic heterocycles. The summed E-state index contributed by atoms with van der Waals surface area (Å²) in [4.78, 5) is 2.64. The van der Waals surface area contributed by atoms with Crippen LogP contribution in [0.1, 0.15) is 23.6 Å². The van der Waals surface area contributed by atoms with Crippen LogP contribution in [0.3, 0.4) is 0 Å². The van der Waals surface area contributed by atoms with Crippen molar-refractivity contribution in [2.24, 2.45) is 0 Å². The molecule has 0 bridgehead atoms. The molecule has 0 fully saturated rings. The van der Waals surface area contributed by atoms with Crippen molar-refractivity contribution in [1.29, 1.82) is 0 Å². The minimum Gasteiger partial charge on any atom is -0.494 e. The lowest BCUT2D eigenvalue weighted by atomic mass is 9.99. The van der Waals surface area contributed by atoms with Crippen LogP contribution >= 0.6 is 0 Å². The fourth-order valence-corrected chi connectivity index (χ4v) is 4.92. The summed E-state index contributed by atoms with van der Waals surface area (Å²) in [5.74, 6) is 0.665. The molecule has 1 N–H and O–H groups in total. The summed E-state index contributed by atoms with van der Waals surface area (Å²) in [5.41, 5.74) is 5.14. The van der Waals surface area contributed by atoms with E-state index in [2.05, 4.69) is 58.2 Å². The van der Waals surface area contributed by atoms with Crippen molar-refractivity contribution in [2.75, 3.05) is 24.6 Å². The summed E-state index contributed by atoms with van der Waals surface area (Å²) in [7, 11) is -3.53. The second-order valence-electron chi connectivity index (χ2n) is 7.66. The number of rotatable bonds is 8. The zero-order chi connectivity index (χ0) is 21.7. The van der Waals surface area contributed by atoms with Gasteiger partial charge in [-0.1, -0.05) is 36.4 Å². The molecule has 0 radical (unpaired) electrons. The number of nitrogens with one attached hydrogen (secondary N) is 1. The Labute approximate surface area is 184 Å². The monoisotopic (exact) mass is 436 g/mol. The number of sulfonamides is 1. The highest BCUT2D eigenvalue weighted by Crippen LogP contribution is 2.24. The van der Waals surface area contributed by atoms with Gasteiger partial charge in [0.15, 0.2) is 0 Å². The number of hydrogen-bond donors (Lipinski definition) is 1. The highest BCUT2D eigenvalue weighted by molar-refractivity contribution is 7.89. The van der Waals surface area contributed by atoms with E-state index in [1.54, 1.807) is 24.3 Å². The molecule has 162 valence electrons. The van der Waals surface area contributed by atoms with Crippen molar-refractivity contribution in [3.63, 3.8) is 0 Å². The zero-order valence-corrected chi connectivity index (χ0v) is 18.6. The predicted octanol–water partition coefficient (Wildman–Crippen LogP) is 4.17. The molecule has 0 unspecified atom stereocenters. The van der Waals surface area contributed by atoms with E-state index in [-0.39, 0.29) is 4.90 Å². The number of ether oxygens (including phenoxy) is 1. The van der Waals surface area contributed by atoms with Crippen molar-refractivity contribution >= 4 is 15.7 Å². The van der Waals surface area contributed by atoms with Crippen molar-refractivity contribution in [2.45, 2.75) is 31.2 Å². The Morgan fingerprint density at radius 2 is 1.65 bits per heavy atom. The summed E-state index contributed by atoms with van der Waals surface area (Å²) >= 11 is 0. The molecule has 5 nitrogen and oxygen atoms in total. The predicted molar refractivity (Wildman–Crippen MR) is 124 cm³/mol. The van der Waals surface area contributed by atoms with Crippen molar-refractivity contribution in [3.8, 4) is 5.75 Å². The van der Waals surface area contributed by atoms with E-state index >= 15 is 0 Å². The molecule has 6 heteroatoms. The van der Waals surface area contributed by atoms with Gasteiger partial charge in [0.05, 0.1) is 11.5 Å². The van der Waals surface area contributed by atoms with Gasteiger partial charge in [-0.2, -0.15) is 0 Å². The molecule has 0 saturated carbocycles. The fourth-order valence-electron chi connectivity index (χ4n) is 3.88. The van der Waals surface area contributed by atoms with Crippen LogP contribution in [0.2, 0.25) is 0 Å². The Hall–Kier alpha value is -2.83. The van der Waals surface area contributed by atoms with Crippen LogP contribution in [-0.2, 0) is 29.4 Å². The second-order valence-corrected chi connectivity index (χ2v) is 9.43. The Morgan fingerprint density at radius 3 is 2.35 bits per heavy atom. The Kier molecular flexibility index (Phi) is 6.59. The molecule has 3 aromatic carbocycles. The van der Waals surface area contributed by atoms with Gasteiger partial charge in [-0.15, -0.1) is 0 Å². The summed E-state index contributed by atoms with van der Waals surface area (Å²) in [6.07, 6.45) is 1.70. The van der Waals surface area contributed by atoms with Crippen LogP contribution < -0.4 is 14.4 Å². The first-order valence-electron chi connectivity index (χ1n) is 10.7. The fraction of sp³-hybridized carbons (Fsp3) is 0.280. The lowest BCUT2D eigenvalue weighted by molar-refractivity contribution is 0.340. The van der Waals surface area contributed by atoms with E-state index in [4.69, 9.17) is 4.74 Å². The molecule has 3 aromatic rings. The Morgan fingerprint density at radius 1 is 0.935 bits per heavy atom. The first-order chi connectivity index (χ1) is 15.0. The lowest BCUT2D eigenvalue weighted by Gasteiger charge is -2.30. The number of hydrogen-bond acceptors (Lipinski definition) is 4. The molecule has 1 aliphatic rings. The highest BCUT2D eigenvalue weighted by atomic mass is 32.2. The van der Waals surface area contributed by atoms with Crippen molar-refractivity contribution in [3.05, 3.63) is 89.5 Å². The van der Waals surface area contributed by atoms with Gasteiger partial charge < -0.3 is 9.64 Å².